The number of fused-ring (bicyclic) bond motifs is 1. The van der Waals surface area contributed by atoms with Crippen molar-refractivity contribution in [3.63, 3.8) is 0 Å². The van der Waals surface area contributed by atoms with Crippen molar-refractivity contribution in [2.75, 3.05) is 5.73 Å². The van der Waals surface area contributed by atoms with E-state index >= 15 is 0 Å². The zero-order valence-corrected chi connectivity index (χ0v) is 8.49. The molecule has 0 saturated heterocycles. The Hall–Kier alpha value is -1.76. The Bertz CT molecular complexity index is 479. The van der Waals surface area contributed by atoms with E-state index in [2.05, 4.69) is 20.3 Å². The molecule has 0 aliphatic rings. The van der Waals surface area contributed by atoms with Gasteiger partial charge in [0.25, 0.3) is 0 Å². The molecule has 0 radical (unpaired) electrons. The van der Waals surface area contributed by atoms with Gasteiger partial charge in [0.15, 0.2) is 17.0 Å². The molecule has 2 aromatic heterocycles. The van der Waals surface area contributed by atoms with Crippen LogP contribution in [0.25, 0.3) is 11.2 Å². The number of nitrogens with two attached hydrogens (primary N) is 1. The second-order valence-electron chi connectivity index (χ2n) is 3.45. The van der Waals surface area contributed by atoms with Gasteiger partial charge in [-0.2, -0.15) is 0 Å². The minimum Gasteiger partial charge on any atom is -0.391 e. The van der Waals surface area contributed by atoms with Gasteiger partial charge >= 0.3 is 0 Å². The van der Waals surface area contributed by atoms with Crippen LogP contribution in [0.4, 0.5) is 5.82 Å². The Morgan fingerprint density at radius 1 is 1.40 bits per heavy atom. The quantitative estimate of drug-likeness (QED) is 0.705. The molecule has 2 unspecified atom stereocenters. The highest BCUT2D eigenvalue weighted by Crippen LogP contribution is 2.18. The average molecular weight is 208 g/mol. The van der Waals surface area contributed by atoms with Crippen LogP contribution in [0, 0.1) is 0 Å². The number of hydrogen-bond acceptors (Lipinski definition) is 6. The van der Waals surface area contributed by atoms with E-state index < -0.39 is 6.10 Å². The van der Waals surface area contributed by atoms with E-state index in [9.17, 15) is 5.11 Å². The van der Waals surface area contributed by atoms with Crippen LogP contribution < -0.4 is 5.73 Å². The first-order valence-corrected chi connectivity index (χ1v) is 4.60. The molecule has 15 heavy (non-hydrogen) atoms. The lowest BCUT2D eigenvalue weighted by Gasteiger charge is -2.14. The molecule has 0 amide bonds. The van der Waals surface area contributed by atoms with Crippen molar-refractivity contribution in [3.05, 3.63) is 6.33 Å². The van der Waals surface area contributed by atoms with E-state index in [0.29, 0.717) is 17.0 Å². The molecule has 7 nitrogen and oxygen atoms in total. The van der Waals surface area contributed by atoms with Crippen molar-refractivity contribution in [3.8, 4) is 0 Å². The summed E-state index contributed by atoms with van der Waals surface area (Å²) in [4.78, 5) is 7.85. The lowest BCUT2D eigenvalue weighted by molar-refractivity contribution is 0.133. The maximum absolute atomic E-state index is 9.46. The number of aliphatic hydroxyl groups is 1. The standard InChI is InChI=1S/C8H12N6O/c1-4(5(2)15)14-8-6(12-13-14)7(9)10-3-11-8/h3-5,15H,1-2H3,(H2,9,10,11). The van der Waals surface area contributed by atoms with Gasteiger partial charge in [0.05, 0.1) is 12.1 Å². The molecule has 7 heteroatoms. The van der Waals surface area contributed by atoms with E-state index in [-0.39, 0.29) is 6.04 Å². The largest absolute Gasteiger partial charge is 0.391 e. The molecule has 2 aromatic rings. The minimum atomic E-state index is -0.536. The number of aliphatic hydroxyl groups excluding tert-OH is 1. The highest BCUT2D eigenvalue weighted by atomic mass is 16.3. The maximum Gasteiger partial charge on any atom is 0.184 e. The Balaban J connectivity index is 2.59. The molecule has 0 aliphatic heterocycles. The van der Waals surface area contributed by atoms with Crippen LogP contribution in [0.1, 0.15) is 19.9 Å². The van der Waals surface area contributed by atoms with Gasteiger partial charge in [0, 0.05) is 0 Å². The number of nitrogens with zero attached hydrogens (tertiary/aromatic N) is 5. The van der Waals surface area contributed by atoms with Gasteiger partial charge < -0.3 is 10.8 Å². The lowest BCUT2D eigenvalue weighted by atomic mass is 10.2. The van der Waals surface area contributed by atoms with Gasteiger partial charge in [-0.3, -0.25) is 0 Å². The summed E-state index contributed by atoms with van der Waals surface area (Å²) in [7, 11) is 0. The third-order valence-electron chi connectivity index (χ3n) is 2.37. The number of anilines is 1. The van der Waals surface area contributed by atoms with Gasteiger partial charge in [-0.25, -0.2) is 14.6 Å². The Morgan fingerprint density at radius 2 is 2.13 bits per heavy atom. The number of nitrogen functional groups attached to an aromatic ring is 1. The highest BCUT2D eigenvalue weighted by Gasteiger charge is 2.17. The molecule has 2 rings (SSSR count). The number of aromatic nitrogens is 5. The smallest absolute Gasteiger partial charge is 0.184 e. The third-order valence-corrected chi connectivity index (χ3v) is 2.37. The summed E-state index contributed by atoms with van der Waals surface area (Å²) >= 11 is 0. The zero-order valence-electron chi connectivity index (χ0n) is 8.49. The summed E-state index contributed by atoms with van der Waals surface area (Å²) in [6.45, 7) is 3.51. The SMILES string of the molecule is CC(O)C(C)n1nnc2c(N)ncnc21. The van der Waals surface area contributed by atoms with Crippen LogP contribution >= 0.6 is 0 Å². The highest BCUT2D eigenvalue weighted by molar-refractivity contribution is 5.80. The fourth-order valence-electron chi connectivity index (χ4n) is 1.26. The zero-order chi connectivity index (χ0) is 11.0. The molecule has 0 spiro atoms. The molecule has 0 aliphatic carbocycles. The summed E-state index contributed by atoms with van der Waals surface area (Å²) in [5.74, 6) is 0.295. The average Bonchev–Trinajstić information content (AvgIpc) is 2.61. The van der Waals surface area contributed by atoms with E-state index in [4.69, 9.17) is 5.73 Å². The third kappa shape index (κ3) is 1.50. The summed E-state index contributed by atoms with van der Waals surface area (Å²) in [6.07, 6.45) is 0.817. The van der Waals surface area contributed by atoms with Gasteiger partial charge in [-0.1, -0.05) is 5.21 Å². The van der Waals surface area contributed by atoms with Gasteiger partial charge in [0.1, 0.15) is 6.33 Å². The summed E-state index contributed by atoms with van der Waals surface area (Å²) in [5.41, 5.74) is 6.62. The van der Waals surface area contributed by atoms with Crippen LogP contribution in [0.15, 0.2) is 6.33 Å². The number of hydrogen-bond donors (Lipinski definition) is 2. The molecule has 80 valence electrons. The van der Waals surface area contributed by atoms with Crippen LogP contribution in [0.2, 0.25) is 0 Å². The predicted molar refractivity (Wildman–Crippen MR) is 53.9 cm³/mol. The van der Waals surface area contributed by atoms with E-state index in [0.717, 1.165) is 0 Å². The molecular formula is C8H12N6O. The minimum absolute atomic E-state index is 0.204. The van der Waals surface area contributed by atoms with E-state index in [1.54, 1.807) is 6.92 Å². The van der Waals surface area contributed by atoms with Gasteiger partial charge in [0.2, 0.25) is 0 Å². The maximum atomic E-state index is 9.46. The molecule has 3 N–H and O–H groups in total. The second-order valence-corrected chi connectivity index (χ2v) is 3.45. The molecular weight excluding hydrogens is 196 g/mol. The van der Waals surface area contributed by atoms with Crippen molar-refractivity contribution in [1.29, 1.82) is 0 Å². The fraction of sp³-hybridized carbons (Fsp3) is 0.500. The predicted octanol–water partition coefficient (Wildman–Crippen LogP) is -0.255. The molecule has 0 fully saturated rings. The first-order valence-electron chi connectivity index (χ1n) is 4.60. The van der Waals surface area contributed by atoms with Crippen LogP contribution in [-0.2, 0) is 0 Å². The Morgan fingerprint density at radius 3 is 2.80 bits per heavy atom. The van der Waals surface area contributed by atoms with Gasteiger partial charge in [-0.05, 0) is 13.8 Å². The molecule has 0 bridgehead atoms. The normalized spacial score (nSPS) is 15.4. The van der Waals surface area contributed by atoms with Crippen LogP contribution in [-0.4, -0.2) is 36.2 Å². The summed E-state index contributed by atoms with van der Waals surface area (Å²) in [5, 5.41) is 17.2. The monoisotopic (exact) mass is 208 g/mol. The number of rotatable bonds is 2. The van der Waals surface area contributed by atoms with E-state index in [1.807, 2.05) is 6.92 Å². The summed E-state index contributed by atoms with van der Waals surface area (Å²) < 4.78 is 1.54. The lowest BCUT2D eigenvalue weighted by Crippen LogP contribution is -2.19. The second kappa shape index (κ2) is 3.43. The topological polar surface area (TPSA) is 103 Å². The fourth-order valence-corrected chi connectivity index (χ4v) is 1.26. The van der Waals surface area contributed by atoms with Crippen molar-refractivity contribution < 1.29 is 5.11 Å². The van der Waals surface area contributed by atoms with E-state index in [1.165, 1.54) is 11.0 Å². The van der Waals surface area contributed by atoms with Crippen molar-refractivity contribution in [1.82, 2.24) is 25.0 Å². The molecule has 0 aromatic carbocycles. The summed E-state index contributed by atoms with van der Waals surface area (Å²) in [6, 6.07) is -0.204. The van der Waals surface area contributed by atoms with Crippen LogP contribution in [0.5, 0.6) is 0 Å². The Kier molecular flexibility index (Phi) is 2.24. The first kappa shape index (κ1) is 9.78. The molecule has 0 saturated carbocycles. The molecule has 2 atom stereocenters. The molecule has 2 heterocycles. The van der Waals surface area contributed by atoms with Crippen LogP contribution in [0.3, 0.4) is 0 Å². The van der Waals surface area contributed by atoms with Gasteiger partial charge in [-0.15, -0.1) is 5.10 Å². The first-order chi connectivity index (χ1) is 7.11. The van der Waals surface area contributed by atoms with Crippen molar-refractivity contribution >= 4 is 17.0 Å². The Labute approximate surface area is 85.9 Å². The van der Waals surface area contributed by atoms with Crippen molar-refractivity contribution in [2.24, 2.45) is 0 Å². The van der Waals surface area contributed by atoms with Crippen molar-refractivity contribution in [2.45, 2.75) is 26.0 Å².